The van der Waals surface area contributed by atoms with Crippen LogP contribution in [0.4, 0.5) is 11.4 Å². The maximum absolute atomic E-state index is 11.0. The van der Waals surface area contributed by atoms with Gasteiger partial charge in [0.1, 0.15) is 12.0 Å². The zero-order chi connectivity index (χ0) is 17.2. The van der Waals surface area contributed by atoms with Gasteiger partial charge in [0, 0.05) is 17.1 Å². The van der Waals surface area contributed by atoms with Crippen LogP contribution in [0.2, 0.25) is 0 Å². The molecule has 4 rings (SSSR count). The second kappa shape index (κ2) is 6.39. The van der Waals surface area contributed by atoms with Gasteiger partial charge in [-0.3, -0.25) is 4.79 Å². The number of oxazole rings is 1. The van der Waals surface area contributed by atoms with E-state index in [4.69, 9.17) is 15.1 Å². The number of anilines is 2. The van der Waals surface area contributed by atoms with Gasteiger partial charge in [-0.05, 0) is 48.6 Å². The Balaban J connectivity index is 1.64. The SMILES string of the molecule is NC(=O)Cc1ccc(Nc2cc(-c3ncco3)nc3c2CCC3)cc1. The van der Waals surface area contributed by atoms with Gasteiger partial charge in [0.15, 0.2) is 0 Å². The molecule has 3 N–H and O–H groups in total. The van der Waals surface area contributed by atoms with Crippen molar-refractivity contribution in [2.45, 2.75) is 25.7 Å². The number of aryl methyl sites for hydroxylation is 1. The van der Waals surface area contributed by atoms with E-state index in [9.17, 15) is 4.79 Å². The average Bonchev–Trinajstić information content (AvgIpc) is 3.27. The monoisotopic (exact) mass is 334 g/mol. The van der Waals surface area contributed by atoms with Gasteiger partial charge >= 0.3 is 0 Å². The Labute approximate surface area is 145 Å². The Morgan fingerprint density at radius 3 is 2.80 bits per heavy atom. The number of carbonyl (C=O) groups excluding carboxylic acids is 1. The molecule has 1 aliphatic rings. The molecule has 126 valence electrons. The van der Waals surface area contributed by atoms with Crippen molar-refractivity contribution < 1.29 is 9.21 Å². The number of benzene rings is 1. The van der Waals surface area contributed by atoms with Crippen molar-refractivity contribution in [2.24, 2.45) is 5.73 Å². The Morgan fingerprint density at radius 2 is 2.08 bits per heavy atom. The van der Waals surface area contributed by atoms with Crippen LogP contribution in [0.25, 0.3) is 11.6 Å². The molecule has 0 bridgehead atoms. The zero-order valence-corrected chi connectivity index (χ0v) is 13.7. The molecule has 6 nitrogen and oxygen atoms in total. The topological polar surface area (TPSA) is 94.0 Å². The molecule has 1 amide bonds. The third-order valence-electron chi connectivity index (χ3n) is 4.31. The quantitative estimate of drug-likeness (QED) is 0.748. The first-order valence-electron chi connectivity index (χ1n) is 8.26. The highest BCUT2D eigenvalue weighted by molar-refractivity contribution is 5.77. The Kier molecular flexibility index (Phi) is 3.93. The summed E-state index contributed by atoms with van der Waals surface area (Å²) in [4.78, 5) is 19.9. The summed E-state index contributed by atoms with van der Waals surface area (Å²) in [5, 5.41) is 3.46. The number of rotatable bonds is 5. The zero-order valence-electron chi connectivity index (χ0n) is 13.7. The summed E-state index contributed by atoms with van der Waals surface area (Å²) in [6, 6.07) is 9.69. The van der Waals surface area contributed by atoms with Gasteiger partial charge in [0.25, 0.3) is 0 Å². The van der Waals surface area contributed by atoms with Crippen LogP contribution < -0.4 is 11.1 Å². The van der Waals surface area contributed by atoms with Crippen LogP contribution in [0, 0.1) is 0 Å². The number of aromatic nitrogens is 2. The number of pyridine rings is 1. The lowest BCUT2D eigenvalue weighted by atomic mass is 10.1. The second-order valence-corrected chi connectivity index (χ2v) is 6.14. The van der Waals surface area contributed by atoms with Crippen LogP contribution in [-0.2, 0) is 24.1 Å². The predicted molar refractivity (Wildman–Crippen MR) is 94.4 cm³/mol. The van der Waals surface area contributed by atoms with Crippen molar-refractivity contribution >= 4 is 17.3 Å². The largest absolute Gasteiger partial charge is 0.443 e. The van der Waals surface area contributed by atoms with Crippen molar-refractivity contribution in [2.75, 3.05) is 5.32 Å². The summed E-state index contributed by atoms with van der Waals surface area (Å²) in [5.74, 6) is 0.192. The smallest absolute Gasteiger partial charge is 0.245 e. The molecule has 25 heavy (non-hydrogen) atoms. The number of hydrogen-bond donors (Lipinski definition) is 2. The highest BCUT2D eigenvalue weighted by atomic mass is 16.3. The Bertz CT molecular complexity index is 902. The number of nitrogens with two attached hydrogens (primary N) is 1. The van der Waals surface area contributed by atoms with Crippen LogP contribution in [0.5, 0.6) is 0 Å². The molecule has 0 spiro atoms. The van der Waals surface area contributed by atoms with Gasteiger partial charge in [-0.25, -0.2) is 9.97 Å². The highest BCUT2D eigenvalue weighted by Gasteiger charge is 2.20. The fourth-order valence-electron chi connectivity index (χ4n) is 3.18. The summed E-state index contributed by atoms with van der Waals surface area (Å²) in [6.45, 7) is 0. The molecule has 3 aromatic rings. The Morgan fingerprint density at radius 1 is 1.24 bits per heavy atom. The van der Waals surface area contributed by atoms with E-state index >= 15 is 0 Å². The van der Waals surface area contributed by atoms with Gasteiger partial charge in [0.05, 0.1) is 12.6 Å². The maximum Gasteiger partial charge on any atom is 0.245 e. The number of primary amides is 1. The molecule has 1 aliphatic carbocycles. The van der Waals surface area contributed by atoms with E-state index < -0.39 is 0 Å². The lowest BCUT2D eigenvalue weighted by Gasteiger charge is -2.13. The van der Waals surface area contributed by atoms with E-state index in [1.54, 1.807) is 12.5 Å². The molecule has 2 aromatic heterocycles. The lowest BCUT2D eigenvalue weighted by Crippen LogP contribution is -2.13. The first-order chi connectivity index (χ1) is 12.2. The van der Waals surface area contributed by atoms with Crippen LogP contribution in [-0.4, -0.2) is 15.9 Å². The minimum atomic E-state index is -0.330. The molecule has 2 heterocycles. The second-order valence-electron chi connectivity index (χ2n) is 6.14. The number of hydrogen-bond acceptors (Lipinski definition) is 5. The van der Waals surface area contributed by atoms with Crippen molar-refractivity contribution in [3.8, 4) is 11.6 Å². The first-order valence-corrected chi connectivity index (χ1v) is 8.26. The van der Waals surface area contributed by atoms with E-state index in [1.807, 2.05) is 30.3 Å². The normalized spacial score (nSPS) is 12.8. The predicted octanol–water partition coefficient (Wildman–Crippen LogP) is 3.00. The fraction of sp³-hybridized carbons (Fsp3) is 0.211. The van der Waals surface area contributed by atoms with Crippen LogP contribution in [0.3, 0.4) is 0 Å². The minimum absolute atomic E-state index is 0.249. The van der Waals surface area contributed by atoms with Crippen LogP contribution in [0.15, 0.2) is 47.2 Å². The maximum atomic E-state index is 11.0. The van der Waals surface area contributed by atoms with Crippen molar-refractivity contribution in [3.63, 3.8) is 0 Å². The number of nitrogens with one attached hydrogen (secondary N) is 1. The fourth-order valence-corrected chi connectivity index (χ4v) is 3.18. The Hall–Kier alpha value is -3.15. The summed E-state index contributed by atoms with van der Waals surface area (Å²) in [7, 11) is 0. The molecule has 0 saturated heterocycles. The third kappa shape index (κ3) is 3.24. The van der Waals surface area contributed by atoms with E-state index in [0.29, 0.717) is 5.89 Å². The van der Waals surface area contributed by atoms with Crippen LogP contribution in [0.1, 0.15) is 23.2 Å². The van der Waals surface area contributed by atoms with Crippen molar-refractivity contribution in [1.82, 2.24) is 9.97 Å². The van der Waals surface area contributed by atoms with E-state index in [2.05, 4.69) is 10.3 Å². The third-order valence-corrected chi connectivity index (χ3v) is 4.31. The molecular weight excluding hydrogens is 316 g/mol. The summed E-state index contributed by atoms with van der Waals surface area (Å²) < 4.78 is 5.39. The highest BCUT2D eigenvalue weighted by Crippen LogP contribution is 2.33. The first kappa shape index (κ1) is 15.4. The molecule has 0 aliphatic heterocycles. The van der Waals surface area contributed by atoms with Crippen molar-refractivity contribution in [1.29, 1.82) is 0 Å². The lowest BCUT2D eigenvalue weighted by molar-refractivity contribution is -0.117. The van der Waals surface area contributed by atoms with Gasteiger partial charge in [0.2, 0.25) is 11.8 Å². The molecule has 0 fully saturated rings. The van der Waals surface area contributed by atoms with Gasteiger partial charge < -0.3 is 15.5 Å². The number of carbonyl (C=O) groups is 1. The van der Waals surface area contributed by atoms with Gasteiger partial charge in [-0.15, -0.1) is 0 Å². The van der Waals surface area contributed by atoms with Crippen molar-refractivity contribution in [3.05, 3.63) is 59.6 Å². The van der Waals surface area contributed by atoms with Gasteiger partial charge in [-0.1, -0.05) is 12.1 Å². The van der Waals surface area contributed by atoms with Gasteiger partial charge in [-0.2, -0.15) is 0 Å². The van der Waals surface area contributed by atoms with E-state index in [1.165, 1.54) is 5.56 Å². The number of nitrogens with zero attached hydrogens (tertiary/aromatic N) is 2. The number of amides is 1. The molecule has 6 heteroatoms. The van der Waals surface area contributed by atoms with Crippen LogP contribution >= 0.6 is 0 Å². The molecular formula is C19H18N4O2. The molecule has 0 radical (unpaired) electrons. The van der Waals surface area contributed by atoms with E-state index in [0.717, 1.165) is 47.6 Å². The minimum Gasteiger partial charge on any atom is -0.443 e. The van der Waals surface area contributed by atoms with E-state index in [-0.39, 0.29) is 12.3 Å². The average molecular weight is 334 g/mol. The standard InChI is InChI=1S/C19H18N4O2/c20-18(24)10-12-4-6-13(7-5-12)22-16-11-17(19-21-8-9-25-19)23-15-3-1-2-14(15)16/h4-9,11H,1-3,10H2,(H2,20,24)(H,22,23). The molecule has 0 unspecified atom stereocenters. The molecule has 1 aromatic carbocycles. The summed E-state index contributed by atoms with van der Waals surface area (Å²) in [6.07, 6.45) is 6.50. The number of fused-ring (bicyclic) bond motifs is 1. The summed E-state index contributed by atoms with van der Waals surface area (Å²) >= 11 is 0. The summed E-state index contributed by atoms with van der Waals surface area (Å²) in [5.41, 5.74) is 11.2. The molecule has 0 saturated carbocycles. The molecule has 0 atom stereocenters.